The summed E-state index contributed by atoms with van der Waals surface area (Å²) in [5.74, 6) is 0.467. The van der Waals surface area contributed by atoms with E-state index in [1.165, 1.54) is 32.1 Å². The van der Waals surface area contributed by atoms with Gasteiger partial charge in [0, 0.05) is 0 Å². The molecule has 0 amide bonds. The molecule has 2 saturated carbocycles. The number of hydrogen-bond donors (Lipinski definition) is 0. The van der Waals surface area contributed by atoms with Gasteiger partial charge in [0.15, 0.2) is 9.84 Å². The molecule has 2 nitrogen and oxygen atoms in total. The lowest BCUT2D eigenvalue weighted by atomic mass is 9.57. The predicted octanol–water partition coefficient (Wildman–Crippen LogP) is 2.29. The summed E-state index contributed by atoms with van der Waals surface area (Å²) >= 11 is 0. The van der Waals surface area contributed by atoms with Gasteiger partial charge in [-0.05, 0) is 43.9 Å². The van der Waals surface area contributed by atoms with Crippen LogP contribution in [-0.4, -0.2) is 18.9 Å². The van der Waals surface area contributed by atoms with Crippen LogP contribution in [0.25, 0.3) is 0 Å². The third-order valence-electron chi connectivity index (χ3n) is 5.12. The molecule has 1 aliphatic heterocycles. The Hall–Kier alpha value is -0.0500. The molecule has 0 aromatic rings. The smallest absolute Gasteiger partial charge is 0.156 e. The Bertz CT molecular complexity index is 351. The van der Waals surface area contributed by atoms with Crippen molar-refractivity contribution in [2.75, 3.05) is 5.75 Å². The molecule has 1 atom stereocenters. The molecule has 2 spiro atoms. The summed E-state index contributed by atoms with van der Waals surface area (Å²) in [5.41, 5.74) is 0.238. The highest BCUT2D eigenvalue weighted by atomic mass is 32.2. The summed E-state index contributed by atoms with van der Waals surface area (Å²) in [6.07, 6.45) is 8.94. The fraction of sp³-hybridized carbons (Fsp3) is 1.00. The molecule has 3 fully saturated rings. The Balaban J connectivity index is 2.05. The van der Waals surface area contributed by atoms with Crippen molar-refractivity contribution < 1.29 is 8.42 Å². The molecule has 1 saturated heterocycles. The second-order valence-corrected chi connectivity index (χ2v) is 7.82. The predicted molar refractivity (Wildman–Crippen MR) is 55.9 cm³/mol. The van der Waals surface area contributed by atoms with Crippen LogP contribution in [0.5, 0.6) is 0 Å². The summed E-state index contributed by atoms with van der Waals surface area (Å²) in [6.45, 7) is 0. The maximum absolute atomic E-state index is 12.1. The van der Waals surface area contributed by atoms with Gasteiger partial charge in [-0.15, -0.1) is 0 Å². The lowest BCUT2D eigenvalue weighted by molar-refractivity contribution is 0.0620. The van der Waals surface area contributed by atoms with E-state index in [0.29, 0.717) is 5.75 Å². The van der Waals surface area contributed by atoms with Gasteiger partial charge in [0.2, 0.25) is 0 Å². The van der Waals surface area contributed by atoms with Crippen molar-refractivity contribution in [3.05, 3.63) is 0 Å². The van der Waals surface area contributed by atoms with Crippen LogP contribution in [0.1, 0.15) is 51.4 Å². The molecular formula is C11H18O2S. The normalized spacial score (nSPS) is 43.1. The van der Waals surface area contributed by atoms with Crippen molar-refractivity contribution in [1.82, 2.24) is 0 Å². The largest absolute Gasteiger partial charge is 0.228 e. The van der Waals surface area contributed by atoms with E-state index < -0.39 is 9.84 Å². The Morgan fingerprint density at radius 2 is 1.50 bits per heavy atom. The average molecular weight is 214 g/mol. The van der Waals surface area contributed by atoms with Crippen molar-refractivity contribution in [1.29, 1.82) is 0 Å². The molecule has 3 rings (SSSR count). The highest BCUT2D eigenvalue weighted by Gasteiger charge is 2.67. The minimum atomic E-state index is -2.74. The number of hydrogen-bond acceptors (Lipinski definition) is 2. The monoisotopic (exact) mass is 214 g/mol. The first-order valence-corrected chi connectivity index (χ1v) is 7.50. The van der Waals surface area contributed by atoms with E-state index >= 15 is 0 Å². The summed E-state index contributed by atoms with van der Waals surface area (Å²) in [5, 5.41) is 0. The second kappa shape index (κ2) is 2.55. The Morgan fingerprint density at radius 3 is 1.93 bits per heavy atom. The van der Waals surface area contributed by atoms with Gasteiger partial charge in [0.1, 0.15) is 0 Å². The first-order chi connectivity index (χ1) is 6.62. The molecule has 2 aliphatic carbocycles. The van der Waals surface area contributed by atoms with E-state index in [1.54, 1.807) is 0 Å². The number of fused-ring (bicyclic) bond motifs is 1. The van der Waals surface area contributed by atoms with Gasteiger partial charge in [-0.2, -0.15) is 0 Å². The van der Waals surface area contributed by atoms with E-state index in [-0.39, 0.29) is 10.2 Å². The number of rotatable bonds is 0. The highest BCUT2D eigenvalue weighted by Crippen LogP contribution is 2.66. The Kier molecular flexibility index (Phi) is 1.67. The van der Waals surface area contributed by atoms with Crippen LogP contribution in [-0.2, 0) is 9.84 Å². The van der Waals surface area contributed by atoms with E-state index in [2.05, 4.69) is 0 Å². The van der Waals surface area contributed by atoms with E-state index in [4.69, 9.17) is 0 Å². The molecule has 3 aliphatic rings. The molecule has 1 heterocycles. The van der Waals surface area contributed by atoms with E-state index in [9.17, 15) is 8.42 Å². The zero-order valence-electron chi connectivity index (χ0n) is 8.59. The first kappa shape index (κ1) is 9.20. The Labute approximate surface area is 86.0 Å². The van der Waals surface area contributed by atoms with Crippen molar-refractivity contribution in [3.63, 3.8) is 0 Å². The van der Waals surface area contributed by atoms with Crippen LogP contribution in [0.3, 0.4) is 0 Å². The minimum absolute atomic E-state index is 0.238. The topological polar surface area (TPSA) is 34.1 Å². The van der Waals surface area contributed by atoms with Crippen LogP contribution in [0, 0.1) is 5.41 Å². The van der Waals surface area contributed by atoms with Crippen LogP contribution < -0.4 is 0 Å². The molecule has 0 bridgehead atoms. The molecule has 1 unspecified atom stereocenters. The van der Waals surface area contributed by atoms with Gasteiger partial charge >= 0.3 is 0 Å². The molecule has 0 radical (unpaired) electrons. The van der Waals surface area contributed by atoms with Gasteiger partial charge in [-0.3, -0.25) is 0 Å². The second-order valence-electron chi connectivity index (χ2n) is 5.40. The van der Waals surface area contributed by atoms with Crippen molar-refractivity contribution in [2.45, 2.75) is 56.1 Å². The maximum atomic E-state index is 12.1. The van der Waals surface area contributed by atoms with Gasteiger partial charge in [-0.25, -0.2) is 8.42 Å². The van der Waals surface area contributed by atoms with Crippen molar-refractivity contribution in [3.8, 4) is 0 Å². The molecule has 14 heavy (non-hydrogen) atoms. The van der Waals surface area contributed by atoms with Gasteiger partial charge in [-0.1, -0.05) is 12.8 Å². The lowest BCUT2D eigenvalue weighted by Crippen LogP contribution is -2.58. The fourth-order valence-electron chi connectivity index (χ4n) is 4.29. The maximum Gasteiger partial charge on any atom is 0.156 e. The van der Waals surface area contributed by atoms with E-state index in [0.717, 1.165) is 19.3 Å². The highest BCUT2D eigenvalue weighted by molar-refractivity contribution is 7.93. The zero-order valence-corrected chi connectivity index (χ0v) is 9.41. The summed E-state index contributed by atoms with van der Waals surface area (Å²) < 4.78 is 24.0. The molecular weight excluding hydrogens is 196 g/mol. The molecule has 3 heteroatoms. The van der Waals surface area contributed by atoms with Crippen molar-refractivity contribution in [2.24, 2.45) is 5.41 Å². The molecule has 0 aromatic carbocycles. The fourth-order valence-corrected chi connectivity index (χ4v) is 7.04. The molecule has 0 N–H and O–H groups in total. The Morgan fingerprint density at radius 1 is 0.786 bits per heavy atom. The summed E-state index contributed by atoms with van der Waals surface area (Å²) in [6, 6.07) is 0. The lowest BCUT2D eigenvalue weighted by Gasteiger charge is -2.55. The summed E-state index contributed by atoms with van der Waals surface area (Å²) in [7, 11) is -2.74. The van der Waals surface area contributed by atoms with Gasteiger partial charge in [0.05, 0.1) is 10.5 Å². The van der Waals surface area contributed by atoms with E-state index in [1.807, 2.05) is 0 Å². The first-order valence-electron chi connectivity index (χ1n) is 5.84. The van der Waals surface area contributed by atoms with Gasteiger partial charge < -0.3 is 0 Å². The van der Waals surface area contributed by atoms with Crippen LogP contribution in [0.15, 0.2) is 0 Å². The van der Waals surface area contributed by atoms with Crippen LogP contribution in [0.2, 0.25) is 0 Å². The van der Waals surface area contributed by atoms with Gasteiger partial charge in [0.25, 0.3) is 0 Å². The minimum Gasteiger partial charge on any atom is -0.228 e. The third kappa shape index (κ3) is 0.814. The summed E-state index contributed by atoms with van der Waals surface area (Å²) in [4.78, 5) is 0. The molecule has 0 aromatic heterocycles. The third-order valence-corrected chi connectivity index (χ3v) is 7.98. The standard InChI is InChI=1S/C11H18O2S/c12-14(13)9-3-6-11(14)8-7-10(11)4-1-2-5-10/h1-9H2. The number of sulfone groups is 1. The SMILES string of the molecule is O=S1(=O)CCCC12CCC21CCCC1. The quantitative estimate of drug-likeness (QED) is 0.620. The van der Waals surface area contributed by atoms with Crippen LogP contribution >= 0.6 is 0 Å². The van der Waals surface area contributed by atoms with Crippen LogP contribution in [0.4, 0.5) is 0 Å². The zero-order chi connectivity index (χ0) is 9.86. The molecule has 80 valence electrons. The van der Waals surface area contributed by atoms with Crippen molar-refractivity contribution >= 4 is 9.84 Å². The average Bonchev–Trinajstić information content (AvgIpc) is 2.68.